The summed E-state index contributed by atoms with van der Waals surface area (Å²) in [6.45, 7) is 2.09. The fraction of sp³-hybridized carbons (Fsp3) is 0.318. The number of carbonyl (C=O) groups excluding carboxylic acids is 3. The summed E-state index contributed by atoms with van der Waals surface area (Å²) in [7, 11) is 0. The molecule has 2 amide bonds. The van der Waals surface area contributed by atoms with E-state index in [1.807, 2.05) is 37.3 Å². The molecule has 2 rings (SSSR count). The first-order valence-electron chi connectivity index (χ1n) is 9.46. The molecule has 2 N–H and O–H groups in total. The highest BCUT2D eigenvalue weighted by Gasteiger charge is 2.14. The number of anilines is 1. The number of benzene rings is 2. The van der Waals surface area contributed by atoms with Crippen LogP contribution in [0.15, 0.2) is 54.6 Å². The van der Waals surface area contributed by atoms with Crippen molar-refractivity contribution in [2.45, 2.75) is 32.6 Å². The first kappa shape index (κ1) is 21.2. The Labute approximate surface area is 165 Å². The lowest BCUT2D eigenvalue weighted by atomic mass is 10.1. The zero-order valence-electron chi connectivity index (χ0n) is 16.1. The van der Waals surface area contributed by atoms with Crippen LogP contribution in [0.1, 0.15) is 42.1 Å². The van der Waals surface area contributed by atoms with Crippen LogP contribution in [0.2, 0.25) is 0 Å². The van der Waals surface area contributed by atoms with Gasteiger partial charge in [0.1, 0.15) is 0 Å². The molecular weight excluding hydrogens is 356 g/mol. The molecule has 2 aromatic carbocycles. The third-order valence-corrected chi connectivity index (χ3v) is 4.09. The van der Waals surface area contributed by atoms with Crippen molar-refractivity contribution in [3.8, 4) is 0 Å². The highest BCUT2D eigenvalue weighted by molar-refractivity contribution is 6.04. The predicted molar refractivity (Wildman–Crippen MR) is 108 cm³/mol. The third-order valence-electron chi connectivity index (χ3n) is 4.09. The van der Waals surface area contributed by atoms with E-state index in [0.717, 1.165) is 24.8 Å². The number of carbonyl (C=O) groups is 3. The number of amides is 2. The molecule has 6 heteroatoms. The monoisotopic (exact) mass is 382 g/mol. The minimum absolute atomic E-state index is 0.272. The van der Waals surface area contributed by atoms with Crippen molar-refractivity contribution in [3.63, 3.8) is 0 Å². The first-order chi connectivity index (χ1) is 13.6. The van der Waals surface area contributed by atoms with Gasteiger partial charge in [-0.15, -0.1) is 0 Å². The molecule has 0 radical (unpaired) electrons. The second-order valence-electron chi connectivity index (χ2n) is 6.35. The molecule has 0 spiro atoms. The normalized spacial score (nSPS) is 10.2. The molecule has 0 aliphatic rings. The molecule has 6 nitrogen and oxygen atoms in total. The van der Waals surface area contributed by atoms with Crippen LogP contribution in [-0.2, 0) is 20.7 Å². The highest BCUT2D eigenvalue weighted by atomic mass is 16.5. The van der Waals surface area contributed by atoms with Gasteiger partial charge in [-0.3, -0.25) is 14.4 Å². The third kappa shape index (κ3) is 7.23. The van der Waals surface area contributed by atoms with Crippen molar-refractivity contribution in [2.75, 3.05) is 18.5 Å². The van der Waals surface area contributed by atoms with Gasteiger partial charge in [0.25, 0.3) is 11.8 Å². The number of hydrogen-bond donors (Lipinski definition) is 2. The van der Waals surface area contributed by atoms with E-state index in [1.165, 1.54) is 0 Å². The van der Waals surface area contributed by atoms with Crippen molar-refractivity contribution >= 4 is 23.5 Å². The van der Waals surface area contributed by atoms with Crippen LogP contribution in [0.3, 0.4) is 0 Å². The minimum atomic E-state index is -0.477. The van der Waals surface area contributed by atoms with Gasteiger partial charge in [-0.25, -0.2) is 0 Å². The molecule has 0 aliphatic carbocycles. The molecule has 2 aromatic rings. The summed E-state index contributed by atoms with van der Waals surface area (Å²) < 4.78 is 4.94. The summed E-state index contributed by atoms with van der Waals surface area (Å²) in [5.41, 5.74) is 1.88. The van der Waals surface area contributed by atoms with Crippen LogP contribution in [0.25, 0.3) is 0 Å². The van der Waals surface area contributed by atoms with Crippen LogP contribution in [-0.4, -0.2) is 30.9 Å². The number of para-hydroxylation sites is 1. The van der Waals surface area contributed by atoms with Crippen molar-refractivity contribution in [2.24, 2.45) is 0 Å². The van der Waals surface area contributed by atoms with Gasteiger partial charge >= 0.3 is 5.97 Å². The fourth-order valence-corrected chi connectivity index (χ4v) is 2.58. The van der Waals surface area contributed by atoms with E-state index in [2.05, 4.69) is 10.6 Å². The van der Waals surface area contributed by atoms with Gasteiger partial charge in [-0.05, 0) is 30.5 Å². The molecule has 0 saturated heterocycles. The molecular formula is C22H26N2O4. The van der Waals surface area contributed by atoms with Crippen molar-refractivity contribution in [1.82, 2.24) is 5.32 Å². The van der Waals surface area contributed by atoms with Crippen molar-refractivity contribution in [3.05, 3.63) is 65.7 Å². The average Bonchev–Trinajstić information content (AvgIpc) is 2.71. The van der Waals surface area contributed by atoms with Crippen LogP contribution in [0, 0.1) is 0 Å². The number of hydrogen-bond acceptors (Lipinski definition) is 4. The molecule has 0 aromatic heterocycles. The summed E-state index contributed by atoms with van der Waals surface area (Å²) >= 11 is 0. The predicted octanol–water partition coefficient (Wildman–Crippen LogP) is 3.33. The smallest absolute Gasteiger partial charge is 0.306 e. The number of unbranched alkanes of at least 4 members (excludes halogenated alkanes) is 1. The summed E-state index contributed by atoms with van der Waals surface area (Å²) in [4.78, 5) is 36.0. The molecule has 148 valence electrons. The second-order valence-corrected chi connectivity index (χ2v) is 6.35. The van der Waals surface area contributed by atoms with E-state index < -0.39 is 11.9 Å². The maximum absolute atomic E-state index is 12.5. The number of esters is 1. The quantitative estimate of drug-likeness (QED) is 0.617. The molecule has 0 aliphatic heterocycles. The Morgan fingerprint density at radius 1 is 0.964 bits per heavy atom. The van der Waals surface area contributed by atoms with Gasteiger partial charge in [0.15, 0.2) is 6.61 Å². The Morgan fingerprint density at radius 2 is 1.68 bits per heavy atom. The maximum atomic E-state index is 12.5. The summed E-state index contributed by atoms with van der Waals surface area (Å²) in [6, 6.07) is 16.6. The largest absolute Gasteiger partial charge is 0.456 e. The lowest BCUT2D eigenvalue weighted by molar-refractivity contribution is -0.147. The van der Waals surface area contributed by atoms with Gasteiger partial charge in [-0.1, -0.05) is 55.8 Å². The molecule has 28 heavy (non-hydrogen) atoms. The van der Waals surface area contributed by atoms with Crippen molar-refractivity contribution in [1.29, 1.82) is 0 Å². The van der Waals surface area contributed by atoms with Crippen LogP contribution >= 0.6 is 0 Å². The van der Waals surface area contributed by atoms with Gasteiger partial charge in [-0.2, -0.15) is 0 Å². The molecule has 0 fully saturated rings. The average molecular weight is 382 g/mol. The van der Waals surface area contributed by atoms with E-state index in [0.29, 0.717) is 24.2 Å². The Bertz CT molecular complexity index is 790. The summed E-state index contributed by atoms with van der Waals surface area (Å²) in [6.07, 6.45) is 2.62. The standard InChI is InChI=1S/C22H26N2O4/c1-2-3-13-21(26)28-16-20(25)24-19-12-8-7-11-18(19)22(27)23-15-14-17-9-5-4-6-10-17/h4-12H,2-3,13-16H2,1H3,(H,23,27)(H,24,25). The number of ether oxygens (including phenoxy) is 1. The topological polar surface area (TPSA) is 84.5 Å². The molecule has 0 heterocycles. The summed E-state index contributed by atoms with van der Waals surface area (Å²) in [5, 5.41) is 5.49. The second kappa shape index (κ2) is 11.5. The first-order valence-corrected chi connectivity index (χ1v) is 9.46. The van der Waals surface area contributed by atoms with Gasteiger partial charge in [0.05, 0.1) is 11.3 Å². The van der Waals surface area contributed by atoms with E-state index in [4.69, 9.17) is 4.74 Å². The zero-order chi connectivity index (χ0) is 20.2. The maximum Gasteiger partial charge on any atom is 0.306 e. The lowest BCUT2D eigenvalue weighted by Crippen LogP contribution is -2.28. The molecule has 0 bridgehead atoms. The lowest BCUT2D eigenvalue weighted by Gasteiger charge is -2.12. The minimum Gasteiger partial charge on any atom is -0.456 e. The van der Waals surface area contributed by atoms with Crippen LogP contribution in [0.5, 0.6) is 0 Å². The van der Waals surface area contributed by atoms with E-state index in [9.17, 15) is 14.4 Å². The van der Waals surface area contributed by atoms with Crippen LogP contribution in [0.4, 0.5) is 5.69 Å². The van der Waals surface area contributed by atoms with Gasteiger partial charge < -0.3 is 15.4 Å². The Balaban J connectivity index is 1.86. The molecule has 0 unspecified atom stereocenters. The van der Waals surface area contributed by atoms with Gasteiger partial charge in [0, 0.05) is 13.0 Å². The number of nitrogens with one attached hydrogen (secondary N) is 2. The SMILES string of the molecule is CCCCC(=O)OCC(=O)Nc1ccccc1C(=O)NCCc1ccccc1. The summed E-state index contributed by atoms with van der Waals surface area (Å²) in [5.74, 6) is -1.15. The van der Waals surface area contributed by atoms with E-state index in [1.54, 1.807) is 24.3 Å². The van der Waals surface area contributed by atoms with Gasteiger partial charge in [0.2, 0.25) is 0 Å². The van der Waals surface area contributed by atoms with E-state index >= 15 is 0 Å². The molecule has 0 atom stereocenters. The molecule has 0 saturated carbocycles. The fourth-order valence-electron chi connectivity index (χ4n) is 2.58. The Hall–Kier alpha value is -3.15. The van der Waals surface area contributed by atoms with Crippen LogP contribution < -0.4 is 10.6 Å². The Morgan fingerprint density at radius 3 is 2.43 bits per heavy atom. The highest BCUT2D eigenvalue weighted by Crippen LogP contribution is 2.15. The van der Waals surface area contributed by atoms with Crippen molar-refractivity contribution < 1.29 is 19.1 Å². The zero-order valence-corrected chi connectivity index (χ0v) is 16.1. The Kier molecular flexibility index (Phi) is 8.72. The number of rotatable bonds is 10. The van der Waals surface area contributed by atoms with E-state index in [-0.39, 0.29) is 12.5 Å².